The number of nitrogens with one attached hydrogen (secondary N) is 2. The van der Waals surface area contributed by atoms with E-state index in [0.717, 1.165) is 24.9 Å². The maximum atomic E-state index is 13.6. The number of hydrogen-bond donors (Lipinski definition) is 2. The van der Waals surface area contributed by atoms with Gasteiger partial charge in [-0.15, -0.1) is 0 Å². The molecule has 0 aliphatic heterocycles. The molecule has 7 heteroatoms. The average molecular weight is 306 g/mol. The minimum absolute atomic E-state index is 0.00267. The molecule has 1 aromatic heterocycles. The van der Waals surface area contributed by atoms with Gasteiger partial charge >= 0.3 is 0 Å². The van der Waals surface area contributed by atoms with Gasteiger partial charge in [0.2, 0.25) is 0 Å². The van der Waals surface area contributed by atoms with E-state index in [1.165, 1.54) is 12.1 Å². The molecule has 0 fully saturated rings. The first-order chi connectivity index (χ1) is 10.5. The molecule has 1 atom stereocenters. The van der Waals surface area contributed by atoms with Crippen LogP contribution in [0.2, 0.25) is 0 Å². The normalized spacial score (nSPS) is 11.8. The van der Waals surface area contributed by atoms with E-state index in [9.17, 15) is 13.6 Å². The van der Waals surface area contributed by atoms with E-state index in [1.54, 1.807) is 0 Å². The topological polar surface area (TPSA) is 66.9 Å². The number of hydrogen-bond acceptors (Lipinski definition) is 4. The summed E-state index contributed by atoms with van der Waals surface area (Å²) >= 11 is 0. The molecule has 1 aromatic carbocycles. The van der Waals surface area contributed by atoms with Crippen molar-refractivity contribution in [1.82, 2.24) is 15.3 Å². The summed E-state index contributed by atoms with van der Waals surface area (Å²) in [6, 6.07) is 4.86. The summed E-state index contributed by atoms with van der Waals surface area (Å²) in [5.41, 5.74) is -0.205. The molecular formula is C15H16F2N4O. The Hall–Kier alpha value is -2.57. The number of halogens is 2. The van der Waals surface area contributed by atoms with Gasteiger partial charge in [-0.1, -0.05) is 13.0 Å². The summed E-state index contributed by atoms with van der Waals surface area (Å²) in [5, 5.41) is 5.28. The maximum absolute atomic E-state index is 13.6. The Kier molecular flexibility index (Phi) is 4.98. The first-order valence-corrected chi connectivity index (χ1v) is 6.85. The Balaban J connectivity index is 2.20. The fraction of sp³-hybridized carbons (Fsp3) is 0.267. The van der Waals surface area contributed by atoms with Crippen molar-refractivity contribution in [2.75, 3.05) is 5.32 Å². The van der Waals surface area contributed by atoms with Crippen LogP contribution >= 0.6 is 0 Å². The number of rotatable bonds is 5. The zero-order chi connectivity index (χ0) is 16.1. The van der Waals surface area contributed by atoms with Crippen molar-refractivity contribution in [3.8, 4) is 0 Å². The predicted octanol–water partition coefficient (Wildman–Crippen LogP) is 3.03. The minimum Gasteiger partial charge on any atom is -0.348 e. The van der Waals surface area contributed by atoms with Crippen LogP contribution in [0.5, 0.6) is 0 Å². The lowest BCUT2D eigenvalue weighted by atomic mass is 10.2. The molecule has 0 aliphatic rings. The van der Waals surface area contributed by atoms with Crippen molar-refractivity contribution in [2.24, 2.45) is 0 Å². The highest BCUT2D eigenvalue weighted by atomic mass is 19.1. The number of amides is 1. The van der Waals surface area contributed by atoms with Crippen molar-refractivity contribution in [2.45, 2.75) is 26.3 Å². The van der Waals surface area contributed by atoms with Gasteiger partial charge in [0.15, 0.2) is 0 Å². The van der Waals surface area contributed by atoms with Crippen LogP contribution in [0.15, 0.2) is 30.6 Å². The molecule has 0 saturated carbocycles. The van der Waals surface area contributed by atoms with E-state index in [-0.39, 0.29) is 29.1 Å². The number of carbonyl (C=O) groups is 1. The zero-order valence-electron chi connectivity index (χ0n) is 12.2. The molecule has 22 heavy (non-hydrogen) atoms. The van der Waals surface area contributed by atoms with Crippen molar-refractivity contribution in [3.05, 3.63) is 47.9 Å². The van der Waals surface area contributed by atoms with Crippen molar-refractivity contribution in [3.63, 3.8) is 0 Å². The first kappa shape index (κ1) is 15.8. The van der Waals surface area contributed by atoms with Crippen LogP contribution in [-0.2, 0) is 0 Å². The summed E-state index contributed by atoms with van der Waals surface area (Å²) in [6.07, 6.45) is 1.94. The second kappa shape index (κ2) is 6.93. The Morgan fingerprint density at radius 1 is 1.27 bits per heavy atom. The monoisotopic (exact) mass is 306 g/mol. The van der Waals surface area contributed by atoms with Gasteiger partial charge in [0.1, 0.15) is 35.2 Å². The molecule has 1 heterocycles. The Morgan fingerprint density at radius 2 is 1.95 bits per heavy atom. The van der Waals surface area contributed by atoms with E-state index in [0.29, 0.717) is 0 Å². The Morgan fingerprint density at radius 3 is 2.59 bits per heavy atom. The molecule has 0 bridgehead atoms. The summed E-state index contributed by atoms with van der Waals surface area (Å²) in [5.74, 6) is -1.73. The highest BCUT2D eigenvalue weighted by Gasteiger charge is 2.13. The molecular weight excluding hydrogens is 290 g/mol. The maximum Gasteiger partial charge on any atom is 0.270 e. The van der Waals surface area contributed by atoms with Gasteiger partial charge < -0.3 is 10.6 Å². The molecule has 5 nitrogen and oxygen atoms in total. The molecule has 2 aromatic rings. The Bertz CT molecular complexity index is 658. The zero-order valence-corrected chi connectivity index (χ0v) is 12.2. The third kappa shape index (κ3) is 3.75. The van der Waals surface area contributed by atoms with Gasteiger partial charge in [-0.3, -0.25) is 4.79 Å². The molecule has 116 valence electrons. The molecule has 0 radical (unpaired) electrons. The number of nitrogens with zero attached hydrogens (tertiary/aromatic N) is 2. The quantitative estimate of drug-likeness (QED) is 0.891. The fourth-order valence-corrected chi connectivity index (χ4v) is 1.69. The van der Waals surface area contributed by atoms with Crippen LogP contribution in [0, 0.1) is 11.6 Å². The van der Waals surface area contributed by atoms with Crippen molar-refractivity contribution in [1.29, 1.82) is 0 Å². The number of benzene rings is 1. The first-order valence-electron chi connectivity index (χ1n) is 6.85. The van der Waals surface area contributed by atoms with Gasteiger partial charge in [0.25, 0.3) is 5.91 Å². The summed E-state index contributed by atoms with van der Waals surface area (Å²) in [4.78, 5) is 19.7. The molecule has 1 unspecified atom stereocenters. The standard InChI is InChI=1S/C15H16F2N4O/c1-3-9(2)20-15(22)12-7-13(19-8-18-12)21-14-10(16)5-4-6-11(14)17/h4-9H,3H2,1-2H3,(H,20,22)(H,18,19,21). The highest BCUT2D eigenvalue weighted by Crippen LogP contribution is 2.21. The number of para-hydroxylation sites is 1. The SMILES string of the molecule is CCC(C)NC(=O)c1cc(Nc2c(F)cccc2F)ncn1. The van der Waals surface area contributed by atoms with Crippen LogP contribution in [0.4, 0.5) is 20.3 Å². The van der Waals surface area contributed by atoms with Crippen molar-refractivity contribution < 1.29 is 13.6 Å². The van der Waals surface area contributed by atoms with Crippen LogP contribution < -0.4 is 10.6 Å². The molecule has 1 amide bonds. The predicted molar refractivity (Wildman–Crippen MR) is 78.9 cm³/mol. The van der Waals surface area contributed by atoms with Gasteiger partial charge in [-0.25, -0.2) is 18.7 Å². The lowest BCUT2D eigenvalue weighted by Crippen LogP contribution is -2.32. The van der Waals surface area contributed by atoms with Gasteiger partial charge in [-0.05, 0) is 25.5 Å². The summed E-state index contributed by atoms with van der Waals surface area (Å²) in [6.45, 7) is 3.81. The number of aromatic nitrogens is 2. The van der Waals surface area contributed by atoms with Gasteiger partial charge in [0, 0.05) is 12.1 Å². The largest absolute Gasteiger partial charge is 0.348 e. The Labute approximate surface area is 126 Å². The number of carbonyl (C=O) groups excluding carboxylic acids is 1. The van der Waals surface area contributed by atoms with Gasteiger partial charge in [-0.2, -0.15) is 0 Å². The summed E-state index contributed by atoms with van der Waals surface area (Å²) < 4.78 is 27.2. The highest BCUT2D eigenvalue weighted by molar-refractivity contribution is 5.93. The van der Waals surface area contributed by atoms with Crippen LogP contribution in [-0.4, -0.2) is 21.9 Å². The number of anilines is 2. The average Bonchev–Trinajstić information content (AvgIpc) is 2.51. The second-order valence-corrected chi connectivity index (χ2v) is 4.79. The summed E-state index contributed by atoms with van der Waals surface area (Å²) in [7, 11) is 0. The smallest absolute Gasteiger partial charge is 0.270 e. The second-order valence-electron chi connectivity index (χ2n) is 4.79. The van der Waals surface area contributed by atoms with E-state index < -0.39 is 11.6 Å². The third-order valence-electron chi connectivity index (χ3n) is 3.11. The van der Waals surface area contributed by atoms with E-state index in [2.05, 4.69) is 20.6 Å². The third-order valence-corrected chi connectivity index (χ3v) is 3.11. The van der Waals surface area contributed by atoms with E-state index in [4.69, 9.17) is 0 Å². The lowest BCUT2D eigenvalue weighted by Gasteiger charge is -2.12. The lowest BCUT2D eigenvalue weighted by molar-refractivity contribution is 0.0934. The molecule has 0 aliphatic carbocycles. The molecule has 0 spiro atoms. The van der Waals surface area contributed by atoms with Crippen LogP contribution in [0.25, 0.3) is 0 Å². The van der Waals surface area contributed by atoms with E-state index >= 15 is 0 Å². The van der Waals surface area contributed by atoms with Gasteiger partial charge in [0.05, 0.1) is 0 Å². The van der Waals surface area contributed by atoms with Crippen LogP contribution in [0.1, 0.15) is 30.8 Å². The molecule has 2 N–H and O–H groups in total. The molecule has 2 rings (SSSR count). The van der Waals surface area contributed by atoms with E-state index in [1.807, 2.05) is 13.8 Å². The van der Waals surface area contributed by atoms with Crippen LogP contribution in [0.3, 0.4) is 0 Å². The van der Waals surface area contributed by atoms with Crippen molar-refractivity contribution >= 4 is 17.4 Å². The minimum atomic E-state index is -0.746. The molecule has 0 saturated heterocycles. The fourth-order valence-electron chi connectivity index (χ4n) is 1.69.